The van der Waals surface area contributed by atoms with Gasteiger partial charge in [-0.3, -0.25) is 5.32 Å². The van der Waals surface area contributed by atoms with Gasteiger partial charge >= 0.3 is 6.09 Å². The summed E-state index contributed by atoms with van der Waals surface area (Å²) in [5, 5.41) is 2.69. The van der Waals surface area contributed by atoms with E-state index in [4.69, 9.17) is 4.74 Å². The summed E-state index contributed by atoms with van der Waals surface area (Å²) in [5.41, 5.74) is 0.0823. The van der Waals surface area contributed by atoms with Crippen LogP contribution < -0.4 is 15.1 Å². The van der Waals surface area contributed by atoms with Gasteiger partial charge in [-0.05, 0) is 39.0 Å². The van der Waals surface area contributed by atoms with Crippen LogP contribution in [0, 0.1) is 0 Å². The second-order valence-electron chi connectivity index (χ2n) is 7.05. The predicted octanol–water partition coefficient (Wildman–Crippen LogP) is 2.55. The molecule has 0 aromatic carbocycles. The molecule has 3 heterocycles. The summed E-state index contributed by atoms with van der Waals surface area (Å²) in [6.45, 7) is 8.83. The number of nitrogens with zero attached hydrogens (tertiary/aromatic N) is 5. The third kappa shape index (κ3) is 4.81. The summed E-state index contributed by atoms with van der Waals surface area (Å²) in [4.78, 5) is 29.2. The second kappa shape index (κ2) is 7.55. The van der Waals surface area contributed by atoms with Crippen LogP contribution in [-0.4, -0.2) is 52.8 Å². The average molecular weight is 356 g/mol. The van der Waals surface area contributed by atoms with E-state index in [2.05, 4.69) is 30.1 Å². The van der Waals surface area contributed by atoms with Crippen LogP contribution in [0.2, 0.25) is 0 Å². The van der Waals surface area contributed by atoms with E-state index >= 15 is 0 Å². The molecule has 0 unspecified atom stereocenters. The number of rotatable bonds is 3. The van der Waals surface area contributed by atoms with Gasteiger partial charge in [0, 0.05) is 38.6 Å². The van der Waals surface area contributed by atoms with Gasteiger partial charge in [-0.1, -0.05) is 0 Å². The lowest BCUT2D eigenvalue weighted by Crippen LogP contribution is -2.47. The van der Waals surface area contributed by atoms with Gasteiger partial charge in [0.15, 0.2) is 0 Å². The molecule has 8 nitrogen and oxygen atoms in total. The fourth-order valence-corrected chi connectivity index (χ4v) is 2.66. The van der Waals surface area contributed by atoms with Crippen LogP contribution in [-0.2, 0) is 4.74 Å². The molecular weight excluding hydrogens is 332 g/mol. The van der Waals surface area contributed by atoms with Crippen molar-refractivity contribution in [3.05, 3.63) is 36.8 Å². The Labute approximate surface area is 153 Å². The fraction of sp³-hybridized carbons (Fsp3) is 0.444. The highest BCUT2D eigenvalue weighted by molar-refractivity contribution is 5.84. The summed E-state index contributed by atoms with van der Waals surface area (Å²) >= 11 is 0. The standard InChI is InChI=1S/C18H24N6O2/c1-18(2,3)26-17(25)22-14-5-6-15(21-13-14)23-9-11-24(12-10-23)16-19-7-4-8-20-16/h4-8,13H,9-12H2,1-3H3,(H,22,25). The van der Waals surface area contributed by atoms with Crippen LogP contribution >= 0.6 is 0 Å². The normalized spacial score (nSPS) is 14.9. The van der Waals surface area contributed by atoms with Crippen LogP contribution in [0.4, 0.5) is 22.2 Å². The van der Waals surface area contributed by atoms with E-state index in [9.17, 15) is 4.79 Å². The van der Waals surface area contributed by atoms with Crippen molar-refractivity contribution < 1.29 is 9.53 Å². The average Bonchev–Trinajstić information content (AvgIpc) is 2.62. The number of pyridine rings is 1. The Kier molecular flexibility index (Phi) is 5.20. The number of carbonyl (C=O) groups excluding carboxylic acids is 1. The first-order chi connectivity index (χ1) is 12.4. The zero-order valence-corrected chi connectivity index (χ0v) is 15.3. The van der Waals surface area contributed by atoms with Crippen LogP contribution in [0.3, 0.4) is 0 Å². The van der Waals surface area contributed by atoms with Crippen molar-refractivity contribution >= 4 is 23.5 Å². The highest BCUT2D eigenvalue weighted by Gasteiger charge is 2.20. The minimum atomic E-state index is -0.528. The Balaban J connectivity index is 1.54. The number of carbonyl (C=O) groups is 1. The van der Waals surface area contributed by atoms with Gasteiger partial charge < -0.3 is 14.5 Å². The smallest absolute Gasteiger partial charge is 0.412 e. The molecular formula is C18H24N6O2. The van der Waals surface area contributed by atoms with Gasteiger partial charge in [0.1, 0.15) is 11.4 Å². The van der Waals surface area contributed by atoms with Gasteiger partial charge in [0.25, 0.3) is 0 Å². The topological polar surface area (TPSA) is 83.5 Å². The summed E-state index contributed by atoms with van der Waals surface area (Å²) in [5.74, 6) is 1.64. The molecule has 138 valence electrons. The number of ether oxygens (including phenoxy) is 1. The Morgan fingerprint density at radius 2 is 1.69 bits per heavy atom. The van der Waals surface area contributed by atoms with Crippen LogP contribution in [0.15, 0.2) is 36.8 Å². The second-order valence-corrected chi connectivity index (χ2v) is 7.05. The van der Waals surface area contributed by atoms with Crippen molar-refractivity contribution in [2.45, 2.75) is 26.4 Å². The van der Waals surface area contributed by atoms with Crippen LogP contribution in [0.1, 0.15) is 20.8 Å². The molecule has 2 aromatic heterocycles. The molecule has 0 aliphatic carbocycles. The molecule has 0 saturated carbocycles. The number of amides is 1. The largest absolute Gasteiger partial charge is 0.444 e. The molecule has 0 spiro atoms. The number of anilines is 3. The quantitative estimate of drug-likeness (QED) is 0.905. The van der Waals surface area contributed by atoms with Crippen LogP contribution in [0.25, 0.3) is 0 Å². The van der Waals surface area contributed by atoms with E-state index < -0.39 is 11.7 Å². The SMILES string of the molecule is CC(C)(C)OC(=O)Nc1ccc(N2CCN(c3ncccn3)CC2)nc1. The van der Waals surface area contributed by atoms with Crippen molar-refractivity contribution in [2.24, 2.45) is 0 Å². The first-order valence-corrected chi connectivity index (χ1v) is 8.64. The minimum Gasteiger partial charge on any atom is -0.444 e. The molecule has 1 aliphatic heterocycles. The number of hydrogen-bond donors (Lipinski definition) is 1. The summed E-state index contributed by atoms with van der Waals surface area (Å²) in [6, 6.07) is 5.55. The summed E-state index contributed by atoms with van der Waals surface area (Å²) < 4.78 is 5.24. The molecule has 1 N–H and O–H groups in total. The Morgan fingerprint density at radius 3 is 2.27 bits per heavy atom. The molecule has 1 fully saturated rings. The number of piperazine rings is 1. The molecule has 8 heteroatoms. The van der Waals surface area contributed by atoms with E-state index in [0.29, 0.717) is 5.69 Å². The van der Waals surface area contributed by atoms with Crippen molar-refractivity contribution in [3.8, 4) is 0 Å². The summed E-state index contributed by atoms with van der Waals surface area (Å²) in [7, 11) is 0. The van der Waals surface area contributed by atoms with Crippen molar-refractivity contribution in [2.75, 3.05) is 41.3 Å². The fourth-order valence-electron chi connectivity index (χ4n) is 2.66. The Bertz CT molecular complexity index is 722. The minimum absolute atomic E-state index is 0.483. The predicted molar refractivity (Wildman–Crippen MR) is 101 cm³/mol. The molecule has 0 radical (unpaired) electrons. The molecule has 1 aliphatic rings. The monoisotopic (exact) mass is 356 g/mol. The van der Waals surface area contributed by atoms with E-state index in [-0.39, 0.29) is 0 Å². The van der Waals surface area contributed by atoms with Gasteiger partial charge in [-0.15, -0.1) is 0 Å². The lowest BCUT2D eigenvalue weighted by Gasteiger charge is -2.35. The lowest BCUT2D eigenvalue weighted by molar-refractivity contribution is 0.0636. The molecule has 26 heavy (non-hydrogen) atoms. The third-order valence-electron chi connectivity index (χ3n) is 3.83. The molecule has 0 atom stereocenters. The third-order valence-corrected chi connectivity index (χ3v) is 3.83. The highest BCUT2D eigenvalue weighted by atomic mass is 16.6. The molecule has 1 saturated heterocycles. The maximum absolute atomic E-state index is 11.8. The molecule has 1 amide bonds. The first kappa shape index (κ1) is 17.9. The van der Waals surface area contributed by atoms with Crippen molar-refractivity contribution in [1.29, 1.82) is 0 Å². The van der Waals surface area contributed by atoms with Gasteiger partial charge in [0.05, 0.1) is 11.9 Å². The zero-order chi connectivity index (χ0) is 18.6. The van der Waals surface area contributed by atoms with E-state index in [1.807, 2.05) is 39.0 Å². The molecule has 3 rings (SSSR count). The molecule has 0 bridgehead atoms. The Morgan fingerprint density at radius 1 is 1.04 bits per heavy atom. The maximum Gasteiger partial charge on any atom is 0.412 e. The summed E-state index contributed by atoms with van der Waals surface area (Å²) in [6.07, 6.45) is 4.68. The van der Waals surface area contributed by atoms with Gasteiger partial charge in [0.2, 0.25) is 5.95 Å². The van der Waals surface area contributed by atoms with Gasteiger partial charge in [-0.2, -0.15) is 0 Å². The first-order valence-electron chi connectivity index (χ1n) is 8.64. The molecule has 2 aromatic rings. The lowest BCUT2D eigenvalue weighted by atomic mass is 10.2. The maximum atomic E-state index is 11.8. The van der Waals surface area contributed by atoms with Crippen molar-refractivity contribution in [1.82, 2.24) is 15.0 Å². The Hall–Kier alpha value is -2.90. The van der Waals surface area contributed by atoms with Crippen LogP contribution in [0.5, 0.6) is 0 Å². The van der Waals surface area contributed by atoms with E-state index in [1.165, 1.54) is 0 Å². The number of hydrogen-bond acceptors (Lipinski definition) is 7. The van der Waals surface area contributed by atoms with E-state index in [1.54, 1.807) is 18.6 Å². The van der Waals surface area contributed by atoms with E-state index in [0.717, 1.165) is 37.9 Å². The number of nitrogens with one attached hydrogen (secondary N) is 1. The van der Waals surface area contributed by atoms with Crippen molar-refractivity contribution in [3.63, 3.8) is 0 Å². The number of aromatic nitrogens is 3. The highest BCUT2D eigenvalue weighted by Crippen LogP contribution is 2.18. The zero-order valence-electron chi connectivity index (χ0n) is 15.3. The van der Waals surface area contributed by atoms with Gasteiger partial charge in [-0.25, -0.2) is 19.7 Å².